The summed E-state index contributed by atoms with van der Waals surface area (Å²) >= 11 is 1.34. The molecule has 1 aromatic heterocycles. The molecule has 0 saturated carbocycles. The number of Topliss-reactive ketones (excluding diaryl/α,β-unsaturated/α-hetero) is 1. The molecule has 0 N–H and O–H groups in total. The molecule has 0 amide bonds. The molecule has 0 radical (unpaired) electrons. The number of pyridine rings is 1. The highest BCUT2D eigenvalue weighted by Crippen LogP contribution is 2.25. The van der Waals surface area contributed by atoms with Crippen molar-refractivity contribution >= 4 is 27.6 Å². The number of carbonyl (C=O) groups is 1. The van der Waals surface area contributed by atoms with Gasteiger partial charge in [-0.15, -0.1) is 0 Å². The van der Waals surface area contributed by atoms with Gasteiger partial charge in [0, 0.05) is 24.8 Å². The molecule has 0 atom stereocenters. The minimum atomic E-state index is -3.46. The highest BCUT2D eigenvalue weighted by molar-refractivity contribution is 7.99. The Morgan fingerprint density at radius 2 is 1.79 bits per heavy atom. The number of thioether (sulfide) groups is 1. The number of rotatable bonds is 6. The van der Waals surface area contributed by atoms with Crippen LogP contribution in [-0.2, 0) is 22.9 Å². The lowest BCUT2D eigenvalue weighted by atomic mass is 10.0. The fourth-order valence-electron chi connectivity index (χ4n) is 3.83. The lowest BCUT2D eigenvalue weighted by Gasteiger charge is -2.25. The van der Waals surface area contributed by atoms with Crippen LogP contribution < -0.4 is 0 Å². The maximum atomic E-state index is 12.7. The lowest BCUT2D eigenvalue weighted by Crippen LogP contribution is -2.35. The van der Waals surface area contributed by atoms with Crippen LogP contribution in [-0.4, -0.2) is 42.3 Å². The Hall–Kier alpha value is -1.70. The van der Waals surface area contributed by atoms with Crippen molar-refractivity contribution in [3.63, 3.8) is 0 Å². The van der Waals surface area contributed by atoms with Crippen molar-refractivity contribution in [2.75, 3.05) is 18.8 Å². The van der Waals surface area contributed by atoms with Gasteiger partial charge < -0.3 is 0 Å². The number of fused-ring (bicyclic) bond motifs is 1. The van der Waals surface area contributed by atoms with Crippen molar-refractivity contribution in [3.8, 4) is 0 Å². The Kier molecular flexibility index (Phi) is 5.85. The highest BCUT2D eigenvalue weighted by Gasteiger charge is 2.26. The lowest BCUT2D eigenvalue weighted by molar-refractivity contribution is 0.102. The Bertz CT molecular complexity index is 966. The van der Waals surface area contributed by atoms with E-state index in [0.717, 1.165) is 37.7 Å². The first-order valence-electron chi connectivity index (χ1n) is 9.78. The van der Waals surface area contributed by atoms with Gasteiger partial charge in [-0.05, 0) is 61.4 Å². The second-order valence-electron chi connectivity index (χ2n) is 7.35. The molecule has 4 rings (SSSR count). The number of carbonyl (C=O) groups excluding carboxylic acids is 1. The summed E-state index contributed by atoms with van der Waals surface area (Å²) in [5.41, 5.74) is 3.40. The summed E-state index contributed by atoms with van der Waals surface area (Å²) < 4.78 is 26.9. The number of aromatic nitrogens is 1. The first-order chi connectivity index (χ1) is 13.5. The number of nitrogens with zero attached hydrogens (tertiary/aromatic N) is 2. The zero-order valence-corrected chi connectivity index (χ0v) is 17.4. The fourth-order valence-corrected chi connectivity index (χ4v) is 6.03. The van der Waals surface area contributed by atoms with Crippen molar-refractivity contribution in [2.45, 2.75) is 48.4 Å². The minimum absolute atomic E-state index is 0.0755. The van der Waals surface area contributed by atoms with E-state index in [1.54, 1.807) is 12.1 Å². The topological polar surface area (TPSA) is 67.3 Å². The van der Waals surface area contributed by atoms with Crippen molar-refractivity contribution in [3.05, 3.63) is 53.2 Å². The average molecular weight is 417 g/mol. The molecule has 1 aliphatic carbocycles. The summed E-state index contributed by atoms with van der Waals surface area (Å²) in [7, 11) is -3.46. The molecule has 0 spiro atoms. The molecule has 0 unspecified atom stereocenters. The monoisotopic (exact) mass is 416 g/mol. The van der Waals surface area contributed by atoms with E-state index in [1.807, 2.05) is 12.1 Å². The van der Waals surface area contributed by atoms with E-state index < -0.39 is 10.0 Å². The van der Waals surface area contributed by atoms with Crippen molar-refractivity contribution < 1.29 is 13.2 Å². The predicted octanol–water partition coefficient (Wildman–Crippen LogP) is 3.72. The smallest absolute Gasteiger partial charge is 0.244 e. The standard InChI is InChI=1S/C21H24N2O3S2/c24-20(18-8-7-16-5-4-6-17(16)13-18)15-27-21-10-9-19(14-22-21)28(25,26)23-11-2-1-3-12-23/h7-10,13-14H,1-6,11-12,15H2. The van der Waals surface area contributed by atoms with Crippen molar-refractivity contribution in [2.24, 2.45) is 0 Å². The Labute approximate surface area is 170 Å². The van der Waals surface area contributed by atoms with E-state index in [4.69, 9.17) is 0 Å². The number of sulfonamides is 1. The van der Waals surface area contributed by atoms with Gasteiger partial charge in [0.25, 0.3) is 0 Å². The van der Waals surface area contributed by atoms with E-state index in [2.05, 4.69) is 11.1 Å². The summed E-state index contributed by atoms with van der Waals surface area (Å²) in [6, 6.07) is 9.29. The van der Waals surface area contributed by atoms with E-state index in [1.165, 1.54) is 39.8 Å². The van der Waals surface area contributed by atoms with Crippen LogP contribution in [0, 0.1) is 0 Å². The van der Waals surface area contributed by atoms with E-state index in [0.29, 0.717) is 23.9 Å². The van der Waals surface area contributed by atoms with Crippen LogP contribution in [0.25, 0.3) is 0 Å². The molecule has 2 aliphatic rings. The molecule has 7 heteroatoms. The summed E-state index contributed by atoms with van der Waals surface area (Å²) in [6.45, 7) is 1.15. The van der Waals surface area contributed by atoms with E-state index >= 15 is 0 Å². The van der Waals surface area contributed by atoms with Gasteiger partial charge in [0.2, 0.25) is 10.0 Å². The third kappa shape index (κ3) is 4.16. The van der Waals surface area contributed by atoms with Gasteiger partial charge in [-0.1, -0.05) is 30.3 Å². The number of aryl methyl sites for hydroxylation is 2. The van der Waals surface area contributed by atoms with Crippen LogP contribution in [0.5, 0.6) is 0 Å². The second-order valence-corrected chi connectivity index (χ2v) is 10.3. The fraction of sp³-hybridized carbons (Fsp3) is 0.429. The SMILES string of the molecule is O=C(CSc1ccc(S(=O)(=O)N2CCCCC2)cn1)c1ccc2c(c1)CCC2. The second kappa shape index (κ2) is 8.35. The number of piperidine rings is 1. The van der Waals surface area contributed by atoms with Crippen LogP contribution in [0.2, 0.25) is 0 Å². The summed E-state index contributed by atoms with van der Waals surface area (Å²) in [5, 5.41) is 0.659. The van der Waals surface area contributed by atoms with Gasteiger partial charge in [-0.25, -0.2) is 13.4 Å². The molecule has 28 heavy (non-hydrogen) atoms. The molecule has 2 aromatic rings. The maximum Gasteiger partial charge on any atom is 0.244 e. The van der Waals surface area contributed by atoms with Gasteiger partial charge in [0.05, 0.1) is 10.8 Å². The van der Waals surface area contributed by atoms with Crippen LogP contribution >= 0.6 is 11.8 Å². The molecule has 1 aromatic carbocycles. The average Bonchev–Trinajstić information content (AvgIpc) is 3.21. The zero-order chi connectivity index (χ0) is 19.6. The largest absolute Gasteiger partial charge is 0.293 e. The van der Waals surface area contributed by atoms with E-state index in [-0.39, 0.29) is 10.7 Å². The van der Waals surface area contributed by atoms with Crippen LogP contribution in [0.1, 0.15) is 47.2 Å². The Balaban J connectivity index is 1.38. The quantitative estimate of drug-likeness (QED) is 0.530. The number of hydrogen-bond donors (Lipinski definition) is 0. The van der Waals surface area contributed by atoms with Gasteiger partial charge >= 0.3 is 0 Å². The maximum absolute atomic E-state index is 12.7. The summed E-state index contributed by atoms with van der Waals surface area (Å²) in [5.74, 6) is 0.371. The van der Waals surface area contributed by atoms with Crippen molar-refractivity contribution in [1.29, 1.82) is 0 Å². The predicted molar refractivity (Wildman–Crippen MR) is 110 cm³/mol. The van der Waals surface area contributed by atoms with Gasteiger partial charge in [0.1, 0.15) is 4.90 Å². The highest BCUT2D eigenvalue weighted by atomic mass is 32.2. The molecule has 5 nitrogen and oxygen atoms in total. The Morgan fingerprint density at radius 1 is 1.00 bits per heavy atom. The third-order valence-electron chi connectivity index (χ3n) is 5.43. The van der Waals surface area contributed by atoms with Crippen LogP contribution in [0.4, 0.5) is 0 Å². The van der Waals surface area contributed by atoms with Crippen LogP contribution in [0.3, 0.4) is 0 Å². The van der Waals surface area contributed by atoms with Crippen LogP contribution in [0.15, 0.2) is 46.5 Å². The molecule has 1 fully saturated rings. The first-order valence-corrected chi connectivity index (χ1v) is 12.2. The number of ketones is 1. The third-order valence-corrected chi connectivity index (χ3v) is 8.26. The van der Waals surface area contributed by atoms with Gasteiger partial charge in [0.15, 0.2) is 5.78 Å². The Morgan fingerprint density at radius 3 is 2.54 bits per heavy atom. The first kappa shape index (κ1) is 19.6. The van der Waals surface area contributed by atoms with Gasteiger partial charge in [-0.2, -0.15) is 4.31 Å². The zero-order valence-electron chi connectivity index (χ0n) is 15.8. The molecular weight excluding hydrogens is 392 g/mol. The number of benzene rings is 1. The molecule has 1 aliphatic heterocycles. The van der Waals surface area contributed by atoms with E-state index in [9.17, 15) is 13.2 Å². The minimum Gasteiger partial charge on any atom is -0.293 e. The summed E-state index contributed by atoms with van der Waals surface area (Å²) in [6.07, 6.45) is 7.63. The molecule has 2 heterocycles. The molecule has 0 bridgehead atoms. The number of hydrogen-bond acceptors (Lipinski definition) is 5. The summed E-state index contributed by atoms with van der Waals surface area (Å²) in [4.78, 5) is 17.0. The molecule has 148 valence electrons. The van der Waals surface area contributed by atoms with Gasteiger partial charge in [-0.3, -0.25) is 4.79 Å². The molecule has 1 saturated heterocycles. The normalized spacial score (nSPS) is 17.4. The van der Waals surface area contributed by atoms with Crippen molar-refractivity contribution in [1.82, 2.24) is 9.29 Å². The molecular formula is C21H24N2O3S2.